The van der Waals surface area contributed by atoms with Gasteiger partial charge in [-0.3, -0.25) is 9.98 Å². The van der Waals surface area contributed by atoms with Crippen LogP contribution >= 0.6 is 11.8 Å². The van der Waals surface area contributed by atoms with Gasteiger partial charge in [-0.25, -0.2) is 4.79 Å². The molecule has 33 heavy (non-hydrogen) atoms. The lowest BCUT2D eigenvalue weighted by atomic mass is 9.95. The molecule has 0 bridgehead atoms. The fraction of sp³-hybridized carbons (Fsp3) is 0.269. The highest BCUT2D eigenvalue weighted by atomic mass is 32.2. The lowest BCUT2D eigenvalue weighted by Crippen LogP contribution is -2.35. The highest BCUT2D eigenvalue weighted by Gasteiger charge is 2.45. The normalized spacial score (nSPS) is 21.5. The minimum Gasteiger partial charge on any atom is -0.489 e. The first-order valence-electron chi connectivity index (χ1n) is 11.1. The maximum Gasteiger partial charge on any atom is 0.335 e. The second-order valence-corrected chi connectivity index (χ2v) is 9.18. The predicted molar refractivity (Wildman–Crippen MR) is 130 cm³/mol. The average Bonchev–Trinajstić information content (AvgIpc) is 3.43. The quantitative estimate of drug-likeness (QED) is 0.514. The van der Waals surface area contributed by atoms with Gasteiger partial charge >= 0.3 is 5.97 Å². The molecule has 0 amide bonds. The Morgan fingerprint density at radius 3 is 2.58 bits per heavy atom. The van der Waals surface area contributed by atoms with Crippen LogP contribution in [-0.4, -0.2) is 37.9 Å². The van der Waals surface area contributed by atoms with Crippen LogP contribution in [0.2, 0.25) is 0 Å². The van der Waals surface area contributed by atoms with Gasteiger partial charge < -0.3 is 14.7 Å². The molecule has 1 saturated heterocycles. The summed E-state index contributed by atoms with van der Waals surface area (Å²) in [5.41, 5.74) is 3.38. The number of aromatic nitrogens is 1. The molecular weight excluding hydrogens is 434 g/mol. The van der Waals surface area contributed by atoms with Gasteiger partial charge in [0.2, 0.25) is 0 Å². The molecule has 2 aliphatic heterocycles. The summed E-state index contributed by atoms with van der Waals surface area (Å²) in [5.74, 6) is 0.920. The summed E-state index contributed by atoms with van der Waals surface area (Å²) < 4.78 is 5.94. The fourth-order valence-corrected chi connectivity index (χ4v) is 5.72. The summed E-state index contributed by atoms with van der Waals surface area (Å²) >= 11 is 1.84. The number of hydrogen-bond acceptors (Lipinski definition) is 6. The van der Waals surface area contributed by atoms with Gasteiger partial charge in [0, 0.05) is 18.0 Å². The predicted octanol–water partition coefficient (Wildman–Crippen LogP) is 5.34. The molecule has 1 N–H and O–H groups in total. The van der Waals surface area contributed by atoms with E-state index >= 15 is 0 Å². The minimum atomic E-state index is -0.928. The first-order chi connectivity index (χ1) is 16.1. The van der Waals surface area contributed by atoms with E-state index in [2.05, 4.69) is 35.0 Å². The van der Waals surface area contributed by atoms with Gasteiger partial charge in [0.1, 0.15) is 18.4 Å². The van der Waals surface area contributed by atoms with Crippen molar-refractivity contribution >= 4 is 22.9 Å². The molecule has 0 aliphatic carbocycles. The van der Waals surface area contributed by atoms with Crippen LogP contribution < -0.4 is 4.74 Å². The average molecular weight is 460 g/mol. The van der Waals surface area contributed by atoms with Crippen molar-refractivity contribution in [1.82, 2.24) is 9.88 Å². The van der Waals surface area contributed by atoms with Crippen LogP contribution in [0.3, 0.4) is 0 Å². The van der Waals surface area contributed by atoms with Crippen LogP contribution in [-0.2, 0) is 6.61 Å². The van der Waals surface area contributed by atoms with Crippen molar-refractivity contribution in [3.05, 3.63) is 95.3 Å². The Balaban J connectivity index is 1.34. The summed E-state index contributed by atoms with van der Waals surface area (Å²) in [4.78, 5) is 23.2. The molecule has 3 heterocycles. The number of benzene rings is 2. The summed E-state index contributed by atoms with van der Waals surface area (Å²) in [6, 6.07) is 21.6. The Morgan fingerprint density at radius 2 is 1.91 bits per heavy atom. The number of hydrogen-bond donors (Lipinski definition) is 1. The second kappa shape index (κ2) is 9.27. The Morgan fingerprint density at radius 1 is 1.12 bits per heavy atom. The van der Waals surface area contributed by atoms with E-state index in [0.29, 0.717) is 12.6 Å². The zero-order valence-electron chi connectivity index (χ0n) is 18.3. The molecule has 2 aromatic carbocycles. The third-order valence-electron chi connectivity index (χ3n) is 6.16. The van der Waals surface area contributed by atoms with Gasteiger partial charge in [-0.2, -0.15) is 0 Å². The molecule has 5 rings (SSSR count). The van der Waals surface area contributed by atoms with Crippen molar-refractivity contribution in [3.63, 3.8) is 0 Å². The lowest BCUT2D eigenvalue weighted by molar-refractivity contribution is 0.0697. The molecule has 1 aromatic heterocycles. The number of rotatable bonds is 7. The minimum absolute atomic E-state index is 0.0254. The maximum absolute atomic E-state index is 11.0. The van der Waals surface area contributed by atoms with Crippen LogP contribution in [0.1, 0.15) is 52.6 Å². The van der Waals surface area contributed by atoms with Crippen LogP contribution in [0.25, 0.3) is 0 Å². The summed E-state index contributed by atoms with van der Waals surface area (Å²) in [5, 5.41) is 10.1. The molecule has 3 atom stereocenters. The van der Waals surface area contributed by atoms with Crippen LogP contribution in [0.4, 0.5) is 0 Å². The van der Waals surface area contributed by atoms with E-state index in [4.69, 9.17) is 14.8 Å². The van der Waals surface area contributed by atoms with E-state index in [9.17, 15) is 4.79 Å². The molecule has 1 fully saturated rings. The summed E-state index contributed by atoms with van der Waals surface area (Å²) in [6.45, 7) is 2.62. The molecule has 0 saturated carbocycles. The molecule has 2 aliphatic rings. The molecule has 3 unspecified atom stereocenters. The number of amidine groups is 1. The highest BCUT2D eigenvalue weighted by molar-refractivity contribution is 8.14. The van der Waals surface area contributed by atoms with Crippen molar-refractivity contribution in [2.75, 3.05) is 5.75 Å². The zero-order valence-corrected chi connectivity index (χ0v) is 19.1. The van der Waals surface area contributed by atoms with Crippen molar-refractivity contribution in [3.8, 4) is 5.75 Å². The number of carboxylic acid groups (broad SMARTS) is 1. The standard InChI is InChI=1S/C26H25N3O3S/c1-2-20-16-33-26-28-23(22-5-3-4-14-27-22)24(29(20)26)18-10-12-21(13-11-18)32-15-17-6-8-19(9-7-17)25(30)31/h3-14,20,23-24H,2,15-16H2,1H3,(H,30,31). The van der Waals surface area contributed by atoms with Gasteiger partial charge in [0.15, 0.2) is 5.17 Å². The Labute approximate surface area is 197 Å². The van der Waals surface area contributed by atoms with Gasteiger partial charge in [0.25, 0.3) is 0 Å². The number of carboxylic acids is 1. The SMILES string of the molecule is CCC1CSC2=NC(c3ccccn3)C(c3ccc(OCc4ccc(C(=O)O)cc4)cc3)N21. The van der Waals surface area contributed by atoms with E-state index < -0.39 is 5.97 Å². The lowest BCUT2D eigenvalue weighted by Gasteiger charge is -2.32. The smallest absolute Gasteiger partial charge is 0.335 e. The molecule has 0 spiro atoms. The van der Waals surface area contributed by atoms with Crippen LogP contribution in [0, 0.1) is 0 Å². The molecule has 168 valence electrons. The number of thioether (sulfide) groups is 1. The third-order valence-corrected chi connectivity index (χ3v) is 7.28. The van der Waals surface area contributed by atoms with Crippen molar-refractivity contribution in [2.24, 2.45) is 4.99 Å². The van der Waals surface area contributed by atoms with E-state index in [1.165, 1.54) is 5.56 Å². The first kappa shape index (κ1) is 21.5. The van der Waals surface area contributed by atoms with Crippen LogP contribution in [0.5, 0.6) is 5.75 Å². The highest BCUT2D eigenvalue weighted by Crippen LogP contribution is 2.48. The van der Waals surface area contributed by atoms with Crippen molar-refractivity contribution in [2.45, 2.75) is 38.1 Å². The topological polar surface area (TPSA) is 75.0 Å². The van der Waals surface area contributed by atoms with Gasteiger partial charge in [0.05, 0.1) is 17.3 Å². The van der Waals surface area contributed by atoms with Gasteiger partial charge in [-0.15, -0.1) is 0 Å². The largest absolute Gasteiger partial charge is 0.489 e. The van der Waals surface area contributed by atoms with Crippen LogP contribution in [0.15, 0.2) is 77.9 Å². The monoisotopic (exact) mass is 459 g/mol. The maximum atomic E-state index is 11.0. The van der Waals surface area contributed by atoms with Gasteiger partial charge in [-0.05, 0) is 53.9 Å². The Kier molecular flexibility index (Phi) is 6.05. The Bertz CT molecular complexity index is 1150. The number of aromatic carboxylic acids is 1. The third kappa shape index (κ3) is 4.33. The molecule has 6 nitrogen and oxygen atoms in total. The number of aliphatic imine (C=N–C) groups is 1. The zero-order chi connectivity index (χ0) is 22.8. The first-order valence-corrected chi connectivity index (χ1v) is 12.1. The summed E-state index contributed by atoms with van der Waals surface area (Å²) in [6.07, 6.45) is 2.92. The number of nitrogens with zero attached hydrogens (tertiary/aromatic N) is 3. The number of carbonyl (C=O) groups is 1. The summed E-state index contributed by atoms with van der Waals surface area (Å²) in [7, 11) is 0. The van der Waals surface area contributed by atoms with E-state index in [1.807, 2.05) is 42.2 Å². The molecule has 3 aromatic rings. The number of pyridine rings is 1. The molecule has 7 heteroatoms. The Hall–Kier alpha value is -3.32. The molecule has 0 radical (unpaired) electrons. The second-order valence-electron chi connectivity index (χ2n) is 8.20. The number of fused-ring (bicyclic) bond motifs is 1. The van der Waals surface area contributed by atoms with Crippen molar-refractivity contribution in [1.29, 1.82) is 0 Å². The van der Waals surface area contributed by atoms with Crippen molar-refractivity contribution < 1.29 is 14.6 Å². The number of ether oxygens (including phenoxy) is 1. The fourth-order valence-electron chi connectivity index (χ4n) is 4.38. The van der Waals surface area contributed by atoms with E-state index in [1.54, 1.807) is 24.3 Å². The van der Waals surface area contributed by atoms with E-state index in [0.717, 1.165) is 34.3 Å². The van der Waals surface area contributed by atoms with E-state index in [-0.39, 0.29) is 17.6 Å². The molecular formula is C26H25N3O3S. The van der Waals surface area contributed by atoms with Gasteiger partial charge in [-0.1, -0.05) is 49.0 Å².